The van der Waals surface area contributed by atoms with Crippen LogP contribution >= 0.6 is 0 Å². The summed E-state index contributed by atoms with van der Waals surface area (Å²) in [4.78, 5) is 0. The number of para-hydroxylation sites is 1. The normalized spacial score (nSPS) is 10.5. The molecule has 3 heteroatoms. The van der Waals surface area contributed by atoms with Crippen molar-refractivity contribution in [1.29, 1.82) is 10.8 Å². The smallest absolute Gasteiger partial charge is 0.127 e. The van der Waals surface area contributed by atoms with Gasteiger partial charge >= 0.3 is 0 Å². The second kappa shape index (κ2) is 7.55. The van der Waals surface area contributed by atoms with E-state index in [1.807, 2.05) is 54.6 Å². The molecule has 0 saturated carbocycles. The lowest BCUT2D eigenvalue weighted by Crippen LogP contribution is -2.22. The molecule has 114 valence electrons. The minimum absolute atomic E-state index is 0.160. The number of hydrogen-bond acceptors (Lipinski definition) is 3. The first-order valence-electron chi connectivity index (χ1n) is 7.66. The van der Waals surface area contributed by atoms with E-state index in [9.17, 15) is 0 Å². The molecule has 2 rings (SSSR count). The molecule has 0 amide bonds. The molecule has 3 nitrogen and oxygen atoms in total. The Bertz CT molecular complexity index is 628. The summed E-state index contributed by atoms with van der Waals surface area (Å²) in [7, 11) is 0. The van der Waals surface area contributed by atoms with Crippen LogP contribution in [-0.4, -0.2) is 11.4 Å². The number of hydrogen-bond donors (Lipinski definition) is 2. The van der Waals surface area contributed by atoms with Gasteiger partial charge in [0.15, 0.2) is 0 Å². The quantitative estimate of drug-likeness (QED) is 0.669. The zero-order valence-corrected chi connectivity index (χ0v) is 13.1. The molecule has 2 N–H and O–H groups in total. The highest BCUT2D eigenvalue weighted by Gasteiger charge is 2.16. The fraction of sp³-hybridized carbons (Fsp3) is 0.263. The van der Waals surface area contributed by atoms with Gasteiger partial charge < -0.3 is 10.1 Å². The first-order valence-corrected chi connectivity index (χ1v) is 7.66. The molecule has 22 heavy (non-hydrogen) atoms. The molecule has 0 aliphatic carbocycles. The van der Waals surface area contributed by atoms with Crippen molar-refractivity contribution in [3.63, 3.8) is 0 Å². The molecule has 0 heterocycles. The SMILES string of the molecule is CCC(CC)C(=N)C(=N)c1ccc(Oc2ccccc2)cc1. The number of rotatable bonds is 7. The second-order valence-corrected chi connectivity index (χ2v) is 5.24. The Labute approximate surface area is 132 Å². The maximum atomic E-state index is 8.20. The highest BCUT2D eigenvalue weighted by Crippen LogP contribution is 2.22. The molecule has 0 spiro atoms. The fourth-order valence-electron chi connectivity index (χ4n) is 2.37. The van der Waals surface area contributed by atoms with E-state index in [1.165, 1.54) is 0 Å². The summed E-state index contributed by atoms with van der Waals surface area (Å²) >= 11 is 0. The maximum absolute atomic E-state index is 8.20. The summed E-state index contributed by atoms with van der Waals surface area (Å²) in [6.07, 6.45) is 1.79. The Balaban J connectivity index is 2.08. The molecule has 0 bridgehead atoms. The van der Waals surface area contributed by atoms with Crippen molar-refractivity contribution in [1.82, 2.24) is 0 Å². The molecule has 0 aromatic heterocycles. The largest absolute Gasteiger partial charge is 0.457 e. The van der Waals surface area contributed by atoms with Crippen molar-refractivity contribution in [3.8, 4) is 11.5 Å². The lowest BCUT2D eigenvalue weighted by Gasteiger charge is -2.15. The van der Waals surface area contributed by atoms with Crippen LogP contribution < -0.4 is 4.74 Å². The van der Waals surface area contributed by atoms with E-state index in [-0.39, 0.29) is 5.92 Å². The van der Waals surface area contributed by atoms with Gasteiger partial charge in [-0.2, -0.15) is 0 Å². The van der Waals surface area contributed by atoms with Crippen molar-refractivity contribution >= 4 is 11.4 Å². The van der Waals surface area contributed by atoms with Gasteiger partial charge in [-0.1, -0.05) is 32.0 Å². The van der Waals surface area contributed by atoms with Crippen LogP contribution in [0.2, 0.25) is 0 Å². The molecular formula is C19H22N2O. The Hall–Kier alpha value is -2.42. The van der Waals surface area contributed by atoms with Gasteiger partial charge in [-0.25, -0.2) is 0 Å². The van der Waals surface area contributed by atoms with Gasteiger partial charge in [0.05, 0.1) is 11.4 Å². The van der Waals surface area contributed by atoms with E-state index in [1.54, 1.807) is 0 Å². The third-order valence-corrected chi connectivity index (χ3v) is 3.79. The Morgan fingerprint density at radius 3 is 1.95 bits per heavy atom. The zero-order valence-electron chi connectivity index (χ0n) is 13.1. The zero-order chi connectivity index (χ0) is 15.9. The first kappa shape index (κ1) is 16.0. The van der Waals surface area contributed by atoms with Gasteiger partial charge in [-0.05, 0) is 49.2 Å². The molecule has 0 unspecified atom stereocenters. The number of benzene rings is 2. The topological polar surface area (TPSA) is 56.9 Å². The Kier molecular flexibility index (Phi) is 5.48. The second-order valence-electron chi connectivity index (χ2n) is 5.24. The van der Waals surface area contributed by atoms with Crippen molar-refractivity contribution in [3.05, 3.63) is 60.2 Å². The van der Waals surface area contributed by atoms with Gasteiger partial charge in [0.2, 0.25) is 0 Å². The number of nitrogens with one attached hydrogen (secondary N) is 2. The third kappa shape index (κ3) is 3.82. The molecule has 0 radical (unpaired) electrons. The third-order valence-electron chi connectivity index (χ3n) is 3.79. The van der Waals surface area contributed by atoms with E-state index in [2.05, 4.69) is 13.8 Å². The average molecular weight is 294 g/mol. The summed E-state index contributed by atoms with van der Waals surface area (Å²) in [5, 5.41) is 16.4. The monoisotopic (exact) mass is 294 g/mol. The van der Waals surface area contributed by atoms with Crippen molar-refractivity contribution < 1.29 is 4.74 Å². The van der Waals surface area contributed by atoms with Crippen LogP contribution in [-0.2, 0) is 0 Å². The van der Waals surface area contributed by atoms with Crippen molar-refractivity contribution in [2.75, 3.05) is 0 Å². The predicted molar refractivity (Wildman–Crippen MR) is 91.6 cm³/mol. The summed E-state index contributed by atoms with van der Waals surface area (Å²) in [6, 6.07) is 17.0. The van der Waals surface area contributed by atoms with Crippen LogP contribution in [0, 0.1) is 16.7 Å². The van der Waals surface area contributed by atoms with Crippen molar-refractivity contribution in [2.24, 2.45) is 5.92 Å². The molecule has 0 aliphatic heterocycles. The highest BCUT2D eigenvalue weighted by molar-refractivity contribution is 6.46. The van der Waals surface area contributed by atoms with Gasteiger partial charge in [-0.3, -0.25) is 5.41 Å². The molecule has 2 aromatic carbocycles. The van der Waals surface area contributed by atoms with Gasteiger partial charge in [0, 0.05) is 11.5 Å². The van der Waals surface area contributed by atoms with Gasteiger partial charge in [0.25, 0.3) is 0 Å². The Morgan fingerprint density at radius 1 is 0.864 bits per heavy atom. The highest BCUT2D eigenvalue weighted by atomic mass is 16.5. The van der Waals surface area contributed by atoms with Crippen LogP contribution in [0.1, 0.15) is 32.3 Å². The van der Waals surface area contributed by atoms with E-state index in [4.69, 9.17) is 15.6 Å². The lowest BCUT2D eigenvalue weighted by molar-refractivity contribution is 0.482. The van der Waals surface area contributed by atoms with E-state index in [0.29, 0.717) is 11.4 Å². The van der Waals surface area contributed by atoms with Crippen LogP contribution in [0.3, 0.4) is 0 Å². The fourth-order valence-corrected chi connectivity index (χ4v) is 2.37. The van der Waals surface area contributed by atoms with E-state index >= 15 is 0 Å². The van der Waals surface area contributed by atoms with Crippen LogP contribution in [0.25, 0.3) is 0 Å². The van der Waals surface area contributed by atoms with Crippen LogP contribution in [0.5, 0.6) is 11.5 Å². The molecule has 2 aromatic rings. The van der Waals surface area contributed by atoms with E-state index in [0.717, 1.165) is 29.9 Å². The summed E-state index contributed by atoms with van der Waals surface area (Å²) in [5.74, 6) is 1.68. The first-order chi connectivity index (χ1) is 10.7. The predicted octanol–water partition coefficient (Wildman–Crippen LogP) is 5.30. The van der Waals surface area contributed by atoms with Crippen molar-refractivity contribution in [2.45, 2.75) is 26.7 Å². The van der Waals surface area contributed by atoms with Gasteiger partial charge in [-0.15, -0.1) is 0 Å². The van der Waals surface area contributed by atoms with Crippen LogP contribution in [0.15, 0.2) is 54.6 Å². The van der Waals surface area contributed by atoms with E-state index < -0.39 is 0 Å². The number of ether oxygens (including phenoxy) is 1. The maximum Gasteiger partial charge on any atom is 0.127 e. The molecular weight excluding hydrogens is 272 g/mol. The summed E-state index contributed by atoms with van der Waals surface area (Å²) in [6.45, 7) is 4.12. The lowest BCUT2D eigenvalue weighted by atomic mass is 9.91. The van der Waals surface area contributed by atoms with Gasteiger partial charge in [0.1, 0.15) is 11.5 Å². The average Bonchev–Trinajstić information content (AvgIpc) is 2.57. The Morgan fingerprint density at radius 2 is 1.41 bits per heavy atom. The summed E-state index contributed by atoms with van der Waals surface area (Å²) < 4.78 is 5.74. The molecule has 0 atom stereocenters. The molecule has 0 fully saturated rings. The minimum Gasteiger partial charge on any atom is -0.457 e. The summed E-state index contributed by atoms with van der Waals surface area (Å²) in [5.41, 5.74) is 1.49. The van der Waals surface area contributed by atoms with Crippen LogP contribution in [0.4, 0.5) is 0 Å². The standard InChI is InChI=1S/C19H22N2O/c1-3-14(4-2)18(20)19(21)15-10-12-17(13-11-15)22-16-8-6-5-7-9-16/h5-14,20-21H,3-4H2,1-2H3. The minimum atomic E-state index is 0.160. The molecule has 0 saturated heterocycles. The molecule has 0 aliphatic rings.